The third-order valence-electron chi connectivity index (χ3n) is 2.86. The number of ether oxygens (including phenoxy) is 6. The summed E-state index contributed by atoms with van der Waals surface area (Å²) in [5.74, 6) is 0. The average Bonchev–Trinajstić information content (AvgIpc) is 2.56. The molecule has 0 aliphatic heterocycles. The van der Waals surface area contributed by atoms with Crippen molar-refractivity contribution in [2.45, 2.75) is 26.4 Å². The van der Waals surface area contributed by atoms with Crippen molar-refractivity contribution in [3.05, 3.63) is 12.8 Å². The maximum absolute atomic E-state index is 11.7. The Balaban J connectivity index is 3.29. The van der Waals surface area contributed by atoms with E-state index in [-0.39, 0.29) is 6.09 Å². The largest absolute Gasteiger partial charge is 0.499 e. The molecule has 0 fully saturated rings. The maximum Gasteiger partial charge on any atom is 0.410 e. The highest BCUT2D eigenvalue weighted by Gasteiger charge is 2.19. The molecule has 1 amide bonds. The van der Waals surface area contributed by atoms with Crippen molar-refractivity contribution in [2.24, 2.45) is 0 Å². The van der Waals surface area contributed by atoms with Crippen LogP contribution in [0.2, 0.25) is 0 Å². The summed E-state index contributed by atoms with van der Waals surface area (Å²) >= 11 is 0. The minimum Gasteiger partial charge on any atom is -0.499 e. The zero-order valence-electron chi connectivity index (χ0n) is 16.7. The molecule has 0 heterocycles. The summed E-state index contributed by atoms with van der Waals surface area (Å²) in [6, 6.07) is 0. The minimum absolute atomic E-state index is 0.355. The van der Waals surface area contributed by atoms with Gasteiger partial charge in [-0.3, -0.25) is 0 Å². The van der Waals surface area contributed by atoms with Crippen molar-refractivity contribution < 1.29 is 33.2 Å². The first kappa shape index (κ1) is 24.7. The Morgan fingerprint density at radius 3 is 1.69 bits per heavy atom. The normalized spacial score (nSPS) is 11.2. The standard InChI is InChI=1S/C18H35NO7/c1-6-21-9-10-23-13-14-25-16-15-24-12-11-22-8-7-19(5)17(20)26-18(2,3)4/h6H,1,7-16H2,2-5H3. The highest BCUT2D eigenvalue weighted by Crippen LogP contribution is 2.08. The predicted molar refractivity (Wildman–Crippen MR) is 98.3 cm³/mol. The van der Waals surface area contributed by atoms with Crippen molar-refractivity contribution >= 4 is 6.09 Å². The number of hydrogen-bond donors (Lipinski definition) is 0. The summed E-state index contributed by atoms with van der Waals surface area (Å²) in [7, 11) is 1.68. The molecule has 0 radical (unpaired) electrons. The summed E-state index contributed by atoms with van der Waals surface area (Å²) in [5.41, 5.74) is -0.492. The van der Waals surface area contributed by atoms with E-state index >= 15 is 0 Å². The topological polar surface area (TPSA) is 75.7 Å². The monoisotopic (exact) mass is 377 g/mol. The van der Waals surface area contributed by atoms with Gasteiger partial charge in [-0.15, -0.1) is 0 Å². The van der Waals surface area contributed by atoms with Gasteiger partial charge in [0.05, 0.1) is 59.1 Å². The van der Waals surface area contributed by atoms with Crippen LogP contribution in [0.4, 0.5) is 4.79 Å². The first-order chi connectivity index (χ1) is 12.4. The molecule has 0 bridgehead atoms. The van der Waals surface area contributed by atoms with Crippen LogP contribution in [0.25, 0.3) is 0 Å². The van der Waals surface area contributed by atoms with Crippen molar-refractivity contribution in [3.63, 3.8) is 0 Å². The number of carbonyl (C=O) groups is 1. The third kappa shape index (κ3) is 17.5. The van der Waals surface area contributed by atoms with Gasteiger partial charge < -0.3 is 33.3 Å². The Hall–Kier alpha value is -1.35. The van der Waals surface area contributed by atoms with Gasteiger partial charge in [0.2, 0.25) is 0 Å². The quantitative estimate of drug-likeness (QED) is 0.301. The molecule has 0 aliphatic carbocycles. The molecule has 0 aliphatic rings. The molecule has 0 saturated carbocycles. The predicted octanol–water partition coefficient (Wildman–Crippen LogP) is 2.08. The lowest BCUT2D eigenvalue weighted by molar-refractivity contribution is -0.00901. The molecule has 0 rings (SSSR count). The van der Waals surface area contributed by atoms with E-state index in [2.05, 4.69) is 6.58 Å². The summed E-state index contributed by atoms with van der Waals surface area (Å²) in [6.07, 6.45) is 1.03. The number of amides is 1. The van der Waals surface area contributed by atoms with E-state index in [1.54, 1.807) is 7.05 Å². The van der Waals surface area contributed by atoms with Gasteiger partial charge in [0.15, 0.2) is 0 Å². The fourth-order valence-electron chi connectivity index (χ4n) is 1.58. The van der Waals surface area contributed by atoms with E-state index in [0.29, 0.717) is 66.0 Å². The summed E-state index contributed by atoms with van der Waals surface area (Å²) in [4.78, 5) is 13.2. The maximum atomic E-state index is 11.7. The Labute approximate surface area is 157 Å². The molecule has 154 valence electrons. The summed E-state index contributed by atoms with van der Waals surface area (Å²) in [5, 5.41) is 0. The molecule has 8 nitrogen and oxygen atoms in total. The lowest BCUT2D eigenvalue weighted by Crippen LogP contribution is -2.36. The summed E-state index contributed by atoms with van der Waals surface area (Å²) < 4.78 is 31.6. The molecular formula is C18H35NO7. The lowest BCUT2D eigenvalue weighted by Gasteiger charge is -2.24. The molecule has 0 aromatic carbocycles. The molecule has 0 unspecified atom stereocenters. The first-order valence-corrected chi connectivity index (χ1v) is 8.84. The molecule has 0 aromatic heterocycles. The number of carbonyl (C=O) groups excluding carboxylic acids is 1. The molecule has 0 atom stereocenters. The average molecular weight is 377 g/mol. The number of hydrogen-bond acceptors (Lipinski definition) is 7. The van der Waals surface area contributed by atoms with Gasteiger partial charge in [-0.2, -0.15) is 0 Å². The number of likely N-dealkylation sites (N-methyl/N-ethyl adjacent to an activating group) is 1. The van der Waals surface area contributed by atoms with E-state index in [0.717, 1.165) is 0 Å². The number of nitrogens with zero attached hydrogens (tertiary/aromatic N) is 1. The molecule has 0 N–H and O–H groups in total. The fraction of sp³-hybridized carbons (Fsp3) is 0.833. The van der Waals surface area contributed by atoms with Crippen LogP contribution >= 0.6 is 0 Å². The van der Waals surface area contributed by atoms with Crippen molar-refractivity contribution in [1.29, 1.82) is 0 Å². The van der Waals surface area contributed by atoms with Crippen LogP contribution in [0.15, 0.2) is 12.8 Å². The molecule has 0 saturated heterocycles. The van der Waals surface area contributed by atoms with Crippen LogP contribution in [0.3, 0.4) is 0 Å². The van der Waals surface area contributed by atoms with E-state index in [1.807, 2.05) is 20.8 Å². The van der Waals surface area contributed by atoms with Crippen LogP contribution in [0, 0.1) is 0 Å². The molecule has 8 heteroatoms. The Kier molecular flexibility index (Phi) is 15.0. The van der Waals surface area contributed by atoms with Crippen molar-refractivity contribution in [1.82, 2.24) is 4.90 Å². The second-order valence-electron chi connectivity index (χ2n) is 6.39. The summed E-state index contributed by atoms with van der Waals surface area (Å²) in [6.45, 7) is 13.9. The van der Waals surface area contributed by atoms with Crippen molar-refractivity contribution in [2.75, 3.05) is 73.1 Å². The van der Waals surface area contributed by atoms with E-state index in [9.17, 15) is 4.79 Å². The van der Waals surface area contributed by atoms with Crippen LogP contribution in [-0.2, 0) is 28.4 Å². The Morgan fingerprint density at radius 1 is 0.846 bits per heavy atom. The second-order valence-corrected chi connectivity index (χ2v) is 6.39. The molecule has 0 spiro atoms. The minimum atomic E-state index is -0.492. The van der Waals surface area contributed by atoms with Gasteiger partial charge in [-0.25, -0.2) is 4.79 Å². The van der Waals surface area contributed by atoms with Crippen LogP contribution < -0.4 is 0 Å². The van der Waals surface area contributed by atoms with Gasteiger partial charge in [-0.1, -0.05) is 6.58 Å². The van der Waals surface area contributed by atoms with Crippen LogP contribution in [-0.4, -0.2) is 89.6 Å². The van der Waals surface area contributed by atoms with Gasteiger partial charge in [0.25, 0.3) is 0 Å². The molecule has 26 heavy (non-hydrogen) atoms. The third-order valence-corrected chi connectivity index (χ3v) is 2.86. The van der Waals surface area contributed by atoms with E-state index in [1.165, 1.54) is 11.2 Å². The smallest absolute Gasteiger partial charge is 0.410 e. The van der Waals surface area contributed by atoms with Crippen LogP contribution in [0.5, 0.6) is 0 Å². The zero-order chi connectivity index (χ0) is 19.7. The van der Waals surface area contributed by atoms with Gasteiger partial charge in [-0.05, 0) is 20.8 Å². The van der Waals surface area contributed by atoms with Gasteiger partial charge in [0.1, 0.15) is 12.2 Å². The van der Waals surface area contributed by atoms with E-state index < -0.39 is 5.60 Å². The highest BCUT2D eigenvalue weighted by molar-refractivity contribution is 5.67. The highest BCUT2D eigenvalue weighted by atomic mass is 16.6. The Bertz CT molecular complexity index is 358. The fourth-order valence-corrected chi connectivity index (χ4v) is 1.58. The van der Waals surface area contributed by atoms with Crippen LogP contribution in [0.1, 0.15) is 20.8 Å². The van der Waals surface area contributed by atoms with Crippen molar-refractivity contribution in [3.8, 4) is 0 Å². The van der Waals surface area contributed by atoms with Gasteiger partial charge in [0, 0.05) is 13.6 Å². The first-order valence-electron chi connectivity index (χ1n) is 8.84. The lowest BCUT2D eigenvalue weighted by atomic mass is 10.2. The SMILES string of the molecule is C=COCCOCCOCCOCCOCCN(C)C(=O)OC(C)(C)C. The van der Waals surface area contributed by atoms with Gasteiger partial charge >= 0.3 is 6.09 Å². The number of rotatable bonds is 16. The Morgan fingerprint density at radius 2 is 1.27 bits per heavy atom. The molecule has 0 aromatic rings. The zero-order valence-corrected chi connectivity index (χ0v) is 16.7. The molecular weight excluding hydrogens is 342 g/mol. The second kappa shape index (κ2) is 15.9. The van der Waals surface area contributed by atoms with E-state index in [4.69, 9.17) is 28.4 Å².